The lowest BCUT2D eigenvalue weighted by Crippen LogP contribution is -2.35. The summed E-state index contributed by atoms with van der Waals surface area (Å²) in [4.78, 5) is 24.4. The molecule has 1 heterocycles. The quantitative estimate of drug-likeness (QED) is 0.782. The number of rotatable bonds is 4. The molecule has 0 saturated heterocycles. The molecule has 1 aliphatic rings. The van der Waals surface area contributed by atoms with Crippen molar-refractivity contribution in [1.29, 1.82) is 0 Å². The van der Waals surface area contributed by atoms with E-state index in [0.29, 0.717) is 5.69 Å². The molecule has 134 valence electrons. The number of hydrogen-bond donors (Lipinski definition) is 0. The van der Waals surface area contributed by atoms with Crippen LogP contribution >= 0.6 is 0 Å². The average molecular weight is 358 g/mol. The molecular formula is C19H16F2N2O3. The highest BCUT2D eigenvalue weighted by Gasteiger charge is 2.28. The van der Waals surface area contributed by atoms with Gasteiger partial charge in [0.1, 0.15) is 23.5 Å². The molecule has 0 aliphatic carbocycles. The van der Waals surface area contributed by atoms with E-state index in [-0.39, 0.29) is 30.0 Å². The van der Waals surface area contributed by atoms with Crippen molar-refractivity contribution < 1.29 is 23.1 Å². The standard InChI is InChI=1S/C19H16F2N2O3/c1-12(15-8-7-13(20)11-16(15)21)26-19(25)17-9-10-18(24)23(22-17)14-5-3-2-4-6-14/h2-8,11-12H,9-10H2,1H3. The first kappa shape index (κ1) is 17.7. The fourth-order valence-corrected chi connectivity index (χ4v) is 2.59. The summed E-state index contributed by atoms with van der Waals surface area (Å²) < 4.78 is 32.1. The van der Waals surface area contributed by atoms with E-state index in [4.69, 9.17) is 4.74 Å². The predicted octanol–water partition coefficient (Wildman–Crippen LogP) is 3.75. The summed E-state index contributed by atoms with van der Waals surface area (Å²) in [5.74, 6) is -2.48. The maximum Gasteiger partial charge on any atom is 0.355 e. The van der Waals surface area contributed by atoms with Crippen molar-refractivity contribution in [2.75, 3.05) is 5.01 Å². The topological polar surface area (TPSA) is 59.0 Å². The molecule has 0 radical (unpaired) electrons. The maximum atomic E-state index is 13.8. The maximum absolute atomic E-state index is 13.8. The minimum absolute atomic E-state index is 0.0622. The van der Waals surface area contributed by atoms with Crippen molar-refractivity contribution >= 4 is 23.3 Å². The van der Waals surface area contributed by atoms with Crippen molar-refractivity contribution in [3.8, 4) is 0 Å². The van der Waals surface area contributed by atoms with E-state index in [0.717, 1.165) is 17.1 Å². The highest BCUT2D eigenvalue weighted by Crippen LogP contribution is 2.24. The smallest absolute Gasteiger partial charge is 0.355 e. The SMILES string of the molecule is CC(OC(=O)C1=NN(c2ccccc2)C(=O)CC1)c1ccc(F)cc1F. The number of hydrazone groups is 1. The highest BCUT2D eigenvalue weighted by molar-refractivity contribution is 6.38. The first-order chi connectivity index (χ1) is 12.5. The molecule has 1 amide bonds. The number of anilines is 1. The molecule has 0 saturated carbocycles. The second-order valence-electron chi connectivity index (χ2n) is 5.80. The van der Waals surface area contributed by atoms with E-state index in [1.807, 2.05) is 0 Å². The van der Waals surface area contributed by atoms with Gasteiger partial charge in [-0.15, -0.1) is 0 Å². The van der Waals surface area contributed by atoms with Gasteiger partial charge in [0.25, 0.3) is 0 Å². The third-order valence-corrected chi connectivity index (χ3v) is 3.95. The molecule has 5 nitrogen and oxygen atoms in total. The van der Waals surface area contributed by atoms with Crippen LogP contribution in [0.2, 0.25) is 0 Å². The first-order valence-electron chi connectivity index (χ1n) is 8.07. The number of esters is 1. The van der Waals surface area contributed by atoms with Crippen molar-refractivity contribution in [3.05, 3.63) is 65.7 Å². The fourth-order valence-electron chi connectivity index (χ4n) is 2.59. The Kier molecular flexibility index (Phi) is 5.06. The number of amides is 1. The van der Waals surface area contributed by atoms with Gasteiger partial charge < -0.3 is 4.74 Å². The Labute approximate surface area is 148 Å². The van der Waals surface area contributed by atoms with E-state index >= 15 is 0 Å². The highest BCUT2D eigenvalue weighted by atomic mass is 19.1. The van der Waals surface area contributed by atoms with Crippen molar-refractivity contribution in [2.45, 2.75) is 25.9 Å². The van der Waals surface area contributed by atoms with Crippen LogP contribution in [0, 0.1) is 11.6 Å². The van der Waals surface area contributed by atoms with Gasteiger partial charge in [0.15, 0.2) is 0 Å². The molecule has 7 heteroatoms. The molecule has 0 aromatic heterocycles. The van der Waals surface area contributed by atoms with Crippen molar-refractivity contribution in [3.63, 3.8) is 0 Å². The number of halogens is 2. The Morgan fingerprint density at radius 3 is 2.58 bits per heavy atom. The molecule has 2 aromatic rings. The van der Waals surface area contributed by atoms with E-state index < -0.39 is 23.7 Å². The fraction of sp³-hybridized carbons (Fsp3) is 0.211. The molecule has 0 bridgehead atoms. The zero-order valence-electron chi connectivity index (χ0n) is 14.0. The second-order valence-corrected chi connectivity index (χ2v) is 5.80. The van der Waals surface area contributed by atoms with Crippen LogP contribution in [0.15, 0.2) is 53.6 Å². The molecule has 0 spiro atoms. The third-order valence-electron chi connectivity index (χ3n) is 3.95. The minimum Gasteiger partial charge on any atom is -0.453 e. The number of benzene rings is 2. The van der Waals surface area contributed by atoms with Crippen LogP contribution < -0.4 is 5.01 Å². The Bertz CT molecular complexity index is 868. The Hall–Kier alpha value is -3.09. The van der Waals surface area contributed by atoms with Crippen LogP contribution in [0.25, 0.3) is 0 Å². The summed E-state index contributed by atoms with van der Waals surface area (Å²) in [6, 6.07) is 11.8. The summed E-state index contributed by atoms with van der Waals surface area (Å²) in [6.07, 6.45) is -0.671. The van der Waals surface area contributed by atoms with Gasteiger partial charge in [0, 0.05) is 24.5 Å². The van der Waals surface area contributed by atoms with E-state index in [1.54, 1.807) is 30.3 Å². The number of nitrogens with zero attached hydrogens (tertiary/aromatic N) is 2. The molecule has 2 aromatic carbocycles. The molecular weight excluding hydrogens is 342 g/mol. The van der Waals surface area contributed by atoms with Crippen LogP contribution in [-0.4, -0.2) is 17.6 Å². The van der Waals surface area contributed by atoms with Gasteiger partial charge in [-0.3, -0.25) is 4.79 Å². The number of carbonyl (C=O) groups excluding carboxylic acids is 2. The number of ether oxygens (including phenoxy) is 1. The molecule has 3 rings (SSSR count). The zero-order chi connectivity index (χ0) is 18.7. The van der Waals surface area contributed by atoms with E-state index in [9.17, 15) is 18.4 Å². The Morgan fingerprint density at radius 1 is 1.15 bits per heavy atom. The molecule has 1 aliphatic heterocycles. The summed E-state index contributed by atoms with van der Waals surface area (Å²) in [6.45, 7) is 1.48. The van der Waals surface area contributed by atoms with E-state index in [1.165, 1.54) is 13.0 Å². The van der Waals surface area contributed by atoms with Gasteiger partial charge in [-0.1, -0.05) is 18.2 Å². The summed E-state index contributed by atoms with van der Waals surface area (Å²) in [5.41, 5.74) is 0.676. The molecule has 0 N–H and O–H groups in total. The second kappa shape index (κ2) is 7.43. The monoisotopic (exact) mass is 358 g/mol. The number of hydrogen-bond acceptors (Lipinski definition) is 4. The van der Waals surface area contributed by atoms with Gasteiger partial charge in [0.2, 0.25) is 5.91 Å². The van der Waals surface area contributed by atoms with Crippen LogP contribution in [0.5, 0.6) is 0 Å². The molecule has 0 fully saturated rings. The predicted molar refractivity (Wildman–Crippen MR) is 91.5 cm³/mol. The lowest BCUT2D eigenvalue weighted by atomic mass is 10.1. The summed E-state index contributed by atoms with van der Waals surface area (Å²) in [5, 5.41) is 5.24. The summed E-state index contributed by atoms with van der Waals surface area (Å²) in [7, 11) is 0. The lowest BCUT2D eigenvalue weighted by molar-refractivity contribution is -0.140. The Morgan fingerprint density at radius 2 is 1.88 bits per heavy atom. The van der Waals surface area contributed by atoms with Crippen LogP contribution in [-0.2, 0) is 14.3 Å². The summed E-state index contributed by atoms with van der Waals surface area (Å²) >= 11 is 0. The van der Waals surface area contributed by atoms with Crippen molar-refractivity contribution in [1.82, 2.24) is 0 Å². The zero-order valence-corrected chi connectivity index (χ0v) is 14.0. The number of carbonyl (C=O) groups is 2. The molecule has 1 atom stereocenters. The largest absolute Gasteiger partial charge is 0.453 e. The van der Waals surface area contributed by atoms with Crippen LogP contribution in [0.4, 0.5) is 14.5 Å². The number of para-hydroxylation sites is 1. The minimum atomic E-state index is -0.923. The van der Waals surface area contributed by atoms with Gasteiger partial charge in [-0.25, -0.2) is 18.6 Å². The lowest BCUT2D eigenvalue weighted by Gasteiger charge is -2.23. The molecule has 26 heavy (non-hydrogen) atoms. The van der Waals surface area contributed by atoms with Crippen LogP contribution in [0.3, 0.4) is 0 Å². The van der Waals surface area contributed by atoms with Crippen molar-refractivity contribution in [2.24, 2.45) is 5.10 Å². The third kappa shape index (κ3) is 3.77. The first-order valence-corrected chi connectivity index (χ1v) is 8.07. The molecule has 1 unspecified atom stereocenters. The van der Waals surface area contributed by atoms with Gasteiger partial charge in [0.05, 0.1) is 5.69 Å². The van der Waals surface area contributed by atoms with Crippen LogP contribution in [0.1, 0.15) is 31.4 Å². The van der Waals surface area contributed by atoms with E-state index in [2.05, 4.69) is 5.10 Å². The van der Waals surface area contributed by atoms with Gasteiger partial charge in [-0.05, 0) is 31.2 Å². The average Bonchev–Trinajstić information content (AvgIpc) is 2.62. The van der Waals surface area contributed by atoms with Gasteiger partial charge >= 0.3 is 5.97 Å². The van der Waals surface area contributed by atoms with Gasteiger partial charge in [-0.2, -0.15) is 5.10 Å². The normalized spacial score (nSPS) is 15.4. The Balaban J connectivity index is 1.77.